The number of hydrogen-bond acceptors (Lipinski definition) is 6. The van der Waals surface area contributed by atoms with Crippen molar-refractivity contribution >= 4 is 17.8 Å². The van der Waals surface area contributed by atoms with E-state index >= 15 is 0 Å². The van der Waals surface area contributed by atoms with Crippen molar-refractivity contribution in [2.45, 2.75) is 70.1 Å². The number of anilines is 1. The first kappa shape index (κ1) is 25.4. The third kappa shape index (κ3) is 7.37. The molecule has 7 nitrogen and oxygen atoms in total. The second-order valence-electron chi connectivity index (χ2n) is 10.6. The Hall–Kier alpha value is -2.74. The number of benzene rings is 1. The van der Waals surface area contributed by atoms with Crippen molar-refractivity contribution in [1.82, 2.24) is 15.8 Å². The second-order valence-corrected chi connectivity index (χ2v) is 10.6. The molecule has 1 aromatic heterocycles. The lowest BCUT2D eigenvalue weighted by Gasteiger charge is -2.31. The molecule has 2 aliphatic rings. The molecule has 188 valence electrons. The zero-order valence-corrected chi connectivity index (χ0v) is 21.1. The van der Waals surface area contributed by atoms with Crippen LogP contribution < -0.4 is 16.1 Å². The van der Waals surface area contributed by atoms with Crippen LogP contribution in [-0.4, -0.2) is 42.4 Å². The van der Waals surface area contributed by atoms with E-state index in [0.29, 0.717) is 6.61 Å². The summed E-state index contributed by atoms with van der Waals surface area (Å²) in [6.45, 7) is 9.26. The SMILES string of the molecule is CC(C)(C)c1ccc(C[C@@]2(Nc3ccc(/C=C/C(=O)NOC4CCCCO4)cn3)CCNC2)cc1. The summed E-state index contributed by atoms with van der Waals surface area (Å²) in [5.74, 6) is 0.509. The zero-order chi connectivity index (χ0) is 24.7. The molecule has 2 aliphatic heterocycles. The highest BCUT2D eigenvalue weighted by Gasteiger charge is 2.34. The van der Waals surface area contributed by atoms with Crippen molar-refractivity contribution in [3.05, 3.63) is 65.4 Å². The first-order valence-electron chi connectivity index (χ1n) is 12.6. The number of carbonyl (C=O) groups excluding carboxylic acids is 1. The van der Waals surface area contributed by atoms with Crippen molar-refractivity contribution in [3.8, 4) is 0 Å². The molecule has 7 heteroatoms. The fourth-order valence-electron chi connectivity index (χ4n) is 4.54. The number of aromatic nitrogens is 1. The van der Waals surface area contributed by atoms with Crippen LogP contribution in [-0.2, 0) is 26.2 Å². The molecule has 0 spiro atoms. The predicted molar refractivity (Wildman–Crippen MR) is 139 cm³/mol. The van der Waals surface area contributed by atoms with Gasteiger partial charge in [0.15, 0.2) is 6.29 Å². The standard InChI is InChI=1S/C28H38N4O3/c1-27(2,3)23-11-7-21(8-12-23)18-28(15-16-29-20-28)31-24-13-9-22(19-30-24)10-14-25(33)32-35-26-6-4-5-17-34-26/h7-14,19,26,29H,4-6,15-18,20H2,1-3H3,(H,30,31)(H,32,33)/b14-10+/t26?,28-/m0/s1. The Labute approximate surface area is 208 Å². The van der Waals surface area contributed by atoms with Gasteiger partial charge in [0.1, 0.15) is 5.82 Å². The quantitative estimate of drug-likeness (QED) is 0.386. The van der Waals surface area contributed by atoms with Crippen molar-refractivity contribution in [1.29, 1.82) is 0 Å². The average Bonchev–Trinajstić information content (AvgIpc) is 3.30. The molecule has 4 rings (SSSR count). The van der Waals surface area contributed by atoms with Gasteiger partial charge in [-0.2, -0.15) is 0 Å². The van der Waals surface area contributed by atoms with Crippen molar-refractivity contribution in [2.75, 3.05) is 25.0 Å². The van der Waals surface area contributed by atoms with Gasteiger partial charge in [0.2, 0.25) is 0 Å². The summed E-state index contributed by atoms with van der Waals surface area (Å²) in [5, 5.41) is 7.19. The minimum Gasteiger partial charge on any atom is -0.363 e. The topological polar surface area (TPSA) is 84.5 Å². The summed E-state index contributed by atoms with van der Waals surface area (Å²) in [6, 6.07) is 12.9. The number of nitrogens with one attached hydrogen (secondary N) is 3. The molecular formula is C28H38N4O3. The lowest BCUT2D eigenvalue weighted by atomic mass is 9.84. The van der Waals surface area contributed by atoms with Crippen LogP contribution in [0.2, 0.25) is 0 Å². The van der Waals surface area contributed by atoms with Gasteiger partial charge in [-0.15, -0.1) is 0 Å². The number of pyridine rings is 1. The van der Waals surface area contributed by atoms with E-state index in [-0.39, 0.29) is 23.2 Å². The van der Waals surface area contributed by atoms with Crippen LogP contribution in [0.5, 0.6) is 0 Å². The molecule has 0 bridgehead atoms. The van der Waals surface area contributed by atoms with Gasteiger partial charge in [-0.25, -0.2) is 15.3 Å². The van der Waals surface area contributed by atoms with Crippen LogP contribution in [0.1, 0.15) is 63.1 Å². The first-order chi connectivity index (χ1) is 16.8. The molecule has 0 aliphatic carbocycles. The van der Waals surface area contributed by atoms with Crippen LogP contribution in [0, 0.1) is 0 Å². The second kappa shape index (κ2) is 11.3. The highest BCUT2D eigenvalue weighted by Crippen LogP contribution is 2.28. The normalized spacial score (nSPS) is 22.9. The molecule has 2 atom stereocenters. The molecular weight excluding hydrogens is 440 g/mol. The number of ether oxygens (including phenoxy) is 1. The van der Waals surface area contributed by atoms with Crippen LogP contribution in [0.15, 0.2) is 48.7 Å². The summed E-state index contributed by atoms with van der Waals surface area (Å²) in [7, 11) is 0. The Balaban J connectivity index is 1.32. The monoisotopic (exact) mass is 478 g/mol. The number of carbonyl (C=O) groups is 1. The Morgan fingerprint density at radius 1 is 1.23 bits per heavy atom. The number of rotatable bonds is 8. The molecule has 1 unspecified atom stereocenters. The predicted octanol–water partition coefficient (Wildman–Crippen LogP) is 4.35. The minimum atomic E-state index is -0.359. The maximum Gasteiger partial charge on any atom is 0.267 e. The molecule has 0 radical (unpaired) electrons. The third-order valence-electron chi connectivity index (χ3n) is 6.64. The molecule has 35 heavy (non-hydrogen) atoms. The van der Waals surface area contributed by atoms with E-state index in [1.165, 1.54) is 17.2 Å². The van der Waals surface area contributed by atoms with E-state index < -0.39 is 0 Å². The highest BCUT2D eigenvalue weighted by atomic mass is 16.8. The van der Waals surface area contributed by atoms with E-state index in [9.17, 15) is 4.79 Å². The number of hydroxylamine groups is 1. The van der Waals surface area contributed by atoms with Crippen LogP contribution in [0.4, 0.5) is 5.82 Å². The fourth-order valence-corrected chi connectivity index (χ4v) is 4.54. The zero-order valence-electron chi connectivity index (χ0n) is 21.1. The number of nitrogens with zero attached hydrogens (tertiary/aromatic N) is 1. The number of amides is 1. The Morgan fingerprint density at radius 3 is 2.69 bits per heavy atom. The van der Waals surface area contributed by atoms with Crippen LogP contribution >= 0.6 is 0 Å². The lowest BCUT2D eigenvalue weighted by molar-refractivity contribution is -0.198. The molecule has 3 N–H and O–H groups in total. The Kier molecular flexibility index (Phi) is 8.21. The number of hydrogen-bond donors (Lipinski definition) is 3. The van der Waals surface area contributed by atoms with Crippen LogP contribution in [0.25, 0.3) is 6.08 Å². The van der Waals surface area contributed by atoms with E-state index in [1.54, 1.807) is 12.3 Å². The summed E-state index contributed by atoms with van der Waals surface area (Å²) < 4.78 is 5.44. The average molecular weight is 479 g/mol. The summed E-state index contributed by atoms with van der Waals surface area (Å²) in [4.78, 5) is 21.9. The Morgan fingerprint density at radius 2 is 2.06 bits per heavy atom. The summed E-state index contributed by atoms with van der Waals surface area (Å²) >= 11 is 0. The fraction of sp³-hybridized carbons (Fsp3) is 0.500. The third-order valence-corrected chi connectivity index (χ3v) is 6.64. The van der Waals surface area contributed by atoms with Gasteiger partial charge in [-0.3, -0.25) is 4.79 Å². The Bertz CT molecular complexity index is 984. The van der Waals surface area contributed by atoms with Crippen LogP contribution in [0.3, 0.4) is 0 Å². The van der Waals surface area contributed by atoms with Gasteiger partial charge in [-0.05, 0) is 72.5 Å². The van der Waals surface area contributed by atoms with Gasteiger partial charge >= 0.3 is 0 Å². The highest BCUT2D eigenvalue weighted by molar-refractivity contribution is 5.90. The van der Waals surface area contributed by atoms with Crippen molar-refractivity contribution in [3.63, 3.8) is 0 Å². The van der Waals surface area contributed by atoms with Gasteiger partial charge in [0.05, 0.1) is 5.54 Å². The first-order valence-corrected chi connectivity index (χ1v) is 12.6. The molecule has 3 heterocycles. The molecule has 2 aromatic rings. The molecule has 1 amide bonds. The van der Waals surface area contributed by atoms with Crippen molar-refractivity contribution in [2.24, 2.45) is 0 Å². The largest absolute Gasteiger partial charge is 0.363 e. The minimum absolute atomic E-state index is 0.0774. The van der Waals surface area contributed by atoms with Gasteiger partial charge in [-0.1, -0.05) is 45.0 Å². The van der Waals surface area contributed by atoms with Gasteiger partial charge < -0.3 is 15.4 Å². The lowest BCUT2D eigenvalue weighted by Crippen LogP contribution is -2.43. The molecule has 2 saturated heterocycles. The van der Waals surface area contributed by atoms with Gasteiger partial charge in [0.25, 0.3) is 5.91 Å². The van der Waals surface area contributed by atoms with E-state index in [0.717, 1.165) is 56.6 Å². The van der Waals surface area contributed by atoms with E-state index in [2.05, 4.69) is 66.1 Å². The van der Waals surface area contributed by atoms with Crippen molar-refractivity contribution < 1.29 is 14.4 Å². The molecule has 0 saturated carbocycles. The maximum atomic E-state index is 12.0. The molecule has 1 aromatic carbocycles. The van der Waals surface area contributed by atoms with E-state index in [1.807, 2.05) is 12.1 Å². The summed E-state index contributed by atoms with van der Waals surface area (Å²) in [6.07, 6.45) is 9.41. The maximum absolute atomic E-state index is 12.0. The molecule has 2 fully saturated rings. The van der Waals surface area contributed by atoms with Gasteiger partial charge in [0, 0.05) is 31.8 Å². The summed E-state index contributed by atoms with van der Waals surface area (Å²) in [5.41, 5.74) is 6.02. The smallest absolute Gasteiger partial charge is 0.267 e. The van der Waals surface area contributed by atoms with E-state index in [4.69, 9.17) is 9.57 Å².